The summed E-state index contributed by atoms with van der Waals surface area (Å²) in [4.78, 5) is 23.2. The summed E-state index contributed by atoms with van der Waals surface area (Å²) in [6, 6.07) is 4.72. The molecule has 1 amide bonds. The SMILES string of the molecule is O=C(O)c1coc(C(=O)NCc2ccc(Cl)s2)c1. The van der Waals surface area contributed by atoms with E-state index in [9.17, 15) is 9.59 Å². The summed E-state index contributed by atoms with van der Waals surface area (Å²) in [5, 5.41) is 11.3. The Morgan fingerprint density at radius 1 is 1.44 bits per heavy atom. The van der Waals surface area contributed by atoms with Crippen LogP contribution in [0, 0.1) is 0 Å². The number of carbonyl (C=O) groups is 2. The number of nitrogens with one attached hydrogen (secondary N) is 1. The van der Waals surface area contributed by atoms with Gasteiger partial charge in [0.1, 0.15) is 6.26 Å². The van der Waals surface area contributed by atoms with Crippen LogP contribution in [0.25, 0.3) is 0 Å². The van der Waals surface area contributed by atoms with Crippen molar-refractivity contribution in [2.24, 2.45) is 0 Å². The van der Waals surface area contributed by atoms with Crippen molar-refractivity contribution >= 4 is 34.8 Å². The molecule has 94 valence electrons. The molecule has 2 rings (SSSR count). The molecule has 0 unspecified atom stereocenters. The van der Waals surface area contributed by atoms with Crippen molar-refractivity contribution in [3.05, 3.63) is 45.0 Å². The van der Waals surface area contributed by atoms with E-state index >= 15 is 0 Å². The fraction of sp³-hybridized carbons (Fsp3) is 0.0909. The fourth-order valence-electron chi connectivity index (χ4n) is 1.27. The second kappa shape index (κ2) is 5.24. The predicted octanol–water partition coefficient (Wildman–Crippen LogP) is 2.62. The summed E-state index contributed by atoms with van der Waals surface area (Å²) in [6.45, 7) is 0.319. The highest BCUT2D eigenvalue weighted by Crippen LogP contribution is 2.21. The van der Waals surface area contributed by atoms with Crippen LogP contribution in [0.3, 0.4) is 0 Å². The first-order valence-electron chi connectivity index (χ1n) is 4.90. The van der Waals surface area contributed by atoms with E-state index in [1.54, 1.807) is 12.1 Å². The van der Waals surface area contributed by atoms with Crippen LogP contribution >= 0.6 is 22.9 Å². The van der Waals surface area contributed by atoms with Crippen LogP contribution in [-0.2, 0) is 6.54 Å². The van der Waals surface area contributed by atoms with Gasteiger partial charge in [-0.2, -0.15) is 0 Å². The van der Waals surface area contributed by atoms with E-state index in [-0.39, 0.29) is 11.3 Å². The number of halogens is 1. The lowest BCUT2D eigenvalue weighted by Gasteiger charge is -1.99. The molecule has 18 heavy (non-hydrogen) atoms. The van der Waals surface area contributed by atoms with E-state index in [1.807, 2.05) is 0 Å². The molecule has 0 atom stereocenters. The third kappa shape index (κ3) is 2.91. The topological polar surface area (TPSA) is 79.5 Å². The molecular weight excluding hydrogens is 278 g/mol. The highest BCUT2D eigenvalue weighted by Gasteiger charge is 2.14. The van der Waals surface area contributed by atoms with Gasteiger partial charge in [-0.15, -0.1) is 11.3 Å². The first-order chi connectivity index (χ1) is 8.56. The lowest BCUT2D eigenvalue weighted by atomic mass is 10.3. The minimum Gasteiger partial charge on any atom is -0.478 e. The van der Waals surface area contributed by atoms with Crippen molar-refractivity contribution in [2.75, 3.05) is 0 Å². The summed E-state index contributed by atoms with van der Waals surface area (Å²) in [6.07, 6.45) is 1.03. The zero-order valence-electron chi connectivity index (χ0n) is 8.97. The van der Waals surface area contributed by atoms with Crippen molar-refractivity contribution in [3.8, 4) is 0 Å². The molecule has 0 saturated heterocycles. The molecule has 0 spiro atoms. The molecule has 0 saturated carbocycles. The third-order valence-corrected chi connectivity index (χ3v) is 3.35. The third-order valence-electron chi connectivity index (χ3n) is 2.12. The molecule has 2 aromatic heterocycles. The van der Waals surface area contributed by atoms with Gasteiger partial charge >= 0.3 is 5.97 Å². The van der Waals surface area contributed by atoms with Gasteiger partial charge in [0.05, 0.1) is 16.4 Å². The van der Waals surface area contributed by atoms with Gasteiger partial charge in [-0.05, 0) is 12.1 Å². The Morgan fingerprint density at radius 3 is 2.78 bits per heavy atom. The van der Waals surface area contributed by atoms with Crippen LogP contribution in [-0.4, -0.2) is 17.0 Å². The van der Waals surface area contributed by atoms with Crippen molar-refractivity contribution < 1.29 is 19.1 Å². The zero-order chi connectivity index (χ0) is 13.1. The number of amides is 1. The Labute approximate surface area is 111 Å². The van der Waals surface area contributed by atoms with Crippen molar-refractivity contribution in [1.82, 2.24) is 5.32 Å². The van der Waals surface area contributed by atoms with Crippen molar-refractivity contribution in [3.63, 3.8) is 0 Å². The molecule has 0 bridgehead atoms. The summed E-state index contributed by atoms with van der Waals surface area (Å²) in [7, 11) is 0. The molecule has 7 heteroatoms. The molecular formula is C11H8ClNO4S. The summed E-state index contributed by atoms with van der Waals surface area (Å²) < 4.78 is 5.51. The fourth-order valence-corrected chi connectivity index (χ4v) is 2.30. The predicted molar refractivity (Wildman–Crippen MR) is 66.2 cm³/mol. The van der Waals surface area contributed by atoms with Gasteiger partial charge in [-0.1, -0.05) is 11.6 Å². The van der Waals surface area contributed by atoms with Crippen LogP contribution in [0.4, 0.5) is 0 Å². The van der Waals surface area contributed by atoms with Crippen molar-refractivity contribution in [1.29, 1.82) is 0 Å². The van der Waals surface area contributed by atoms with Crippen molar-refractivity contribution in [2.45, 2.75) is 6.54 Å². The van der Waals surface area contributed by atoms with Crippen LogP contribution in [0.5, 0.6) is 0 Å². The molecule has 0 aromatic carbocycles. The maximum absolute atomic E-state index is 11.6. The smallest absolute Gasteiger partial charge is 0.338 e. The summed E-state index contributed by atoms with van der Waals surface area (Å²) in [5.41, 5.74) is -0.0562. The maximum atomic E-state index is 11.6. The molecule has 0 aliphatic carbocycles. The first kappa shape index (κ1) is 12.7. The normalized spacial score (nSPS) is 10.3. The van der Waals surface area contributed by atoms with Crippen LogP contribution in [0.1, 0.15) is 25.8 Å². The molecule has 0 aliphatic rings. The molecule has 2 heterocycles. The number of carboxylic acid groups (broad SMARTS) is 1. The second-order valence-electron chi connectivity index (χ2n) is 3.39. The Hall–Kier alpha value is -1.79. The highest BCUT2D eigenvalue weighted by atomic mass is 35.5. The number of furan rings is 1. The summed E-state index contributed by atoms with van der Waals surface area (Å²) in [5.74, 6) is -1.63. The lowest BCUT2D eigenvalue weighted by molar-refractivity contribution is 0.0696. The largest absolute Gasteiger partial charge is 0.478 e. The van der Waals surface area contributed by atoms with Gasteiger partial charge in [-0.3, -0.25) is 4.79 Å². The van der Waals surface area contributed by atoms with Gasteiger partial charge in [-0.25, -0.2) is 4.79 Å². The summed E-state index contributed by atoms with van der Waals surface area (Å²) >= 11 is 7.11. The van der Waals surface area contributed by atoms with E-state index < -0.39 is 11.9 Å². The maximum Gasteiger partial charge on any atom is 0.338 e. The van der Waals surface area contributed by atoms with E-state index in [1.165, 1.54) is 17.4 Å². The first-order valence-corrected chi connectivity index (χ1v) is 6.10. The molecule has 0 aliphatic heterocycles. The van der Waals surface area contributed by atoms with E-state index in [0.29, 0.717) is 10.9 Å². The molecule has 0 radical (unpaired) electrons. The molecule has 2 aromatic rings. The molecule has 5 nitrogen and oxygen atoms in total. The van der Waals surface area contributed by atoms with Crippen LogP contribution in [0.2, 0.25) is 4.34 Å². The van der Waals surface area contributed by atoms with E-state index in [4.69, 9.17) is 21.1 Å². The van der Waals surface area contributed by atoms with Gasteiger partial charge < -0.3 is 14.8 Å². The number of carboxylic acids is 1. The molecule has 2 N–H and O–H groups in total. The molecule has 0 fully saturated rings. The Bertz CT molecular complexity index is 589. The standard InChI is InChI=1S/C11H8ClNO4S/c12-9-2-1-7(18-9)4-13-10(14)8-3-6(5-17-8)11(15)16/h1-3,5H,4H2,(H,13,14)(H,15,16). The highest BCUT2D eigenvalue weighted by molar-refractivity contribution is 7.16. The van der Waals surface area contributed by atoms with Gasteiger partial charge in [0.2, 0.25) is 0 Å². The van der Waals surface area contributed by atoms with E-state index in [2.05, 4.69) is 5.32 Å². The van der Waals surface area contributed by atoms with Crippen LogP contribution < -0.4 is 5.32 Å². The van der Waals surface area contributed by atoms with Crippen LogP contribution in [0.15, 0.2) is 28.9 Å². The minimum atomic E-state index is -1.14. The van der Waals surface area contributed by atoms with E-state index in [0.717, 1.165) is 11.1 Å². The lowest BCUT2D eigenvalue weighted by Crippen LogP contribution is -2.21. The quantitative estimate of drug-likeness (QED) is 0.905. The second-order valence-corrected chi connectivity index (χ2v) is 5.19. The Morgan fingerprint density at radius 2 is 2.22 bits per heavy atom. The minimum absolute atomic E-state index is 0.0324. The van der Waals surface area contributed by atoms with Gasteiger partial charge in [0.15, 0.2) is 5.76 Å². The van der Waals surface area contributed by atoms with Gasteiger partial charge in [0.25, 0.3) is 5.91 Å². The number of aromatic carboxylic acids is 1. The monoisotopic (exact) mass is 285 g/mol. The number of rotatable bonds is 4. The Kier molecular flexibility index (Phi) is 3.69. The number of carbonyl (C=O) groups excluding carboxylic acids is 1. The number of thiophene rings is 1. The number of hydrogen-bond acceptors (Lipinski definition) is 4. The Balaban J connectivity index is 1.97. The van der Waals surface area contributed by atoms with Gasteiger partial charge in [0, 0.05) is 10.9 Å². The average Bonchev–Trinajstić information content (AvgIpc) is 2.94. The number of hydrogen-bond donors (Lipinski definition) is 2. The average molecular weight is 286 g/mol. The zero-order valence-corrected chi connectivity index (χ0v) is 10.5.